The molecular formula is C20H31Cl2N5O. The minimum absolute atomic E-state index is 0.00750. The molecule has 0 aliphatic carbocycles. The average molecular weight is 428 g/mol. The van der Waals surface area contributed by atoms with Gasteiger partial charge in [0.2, 0.25) is 5.91 Å². The van der Waals surface area contributed by atoms with Crippen molar-refractivity contribution in [2.24, 2.45) is 16.6 Å². The minimum atomic E-state index is -0.180. The van der Waals surface area contributed by atoms with Crippen LogP contribution >= 0.6 is 23.2 Å². The summed E-state index contributed by atoms with van der Waals surface area (Å²) in [5.41, 5.74) is 6.53. The summed E-state index contributed by atoms with van der Waals surface area (Å²) in [6.07, 6.45) is 2.89. The Morgan fingerprint density at radius 3 is 2.86 bits per heavy atom. The Kier molecular flexibility index (Phi) is 9.35. The molecule has 1 aliphatic heterocycles. The van der Waals surface area contributed by atoms with Gasteiger partial charge in [-0.1, -0.05) is 29.3 Å². The summed E-state index contributed by atoms with van der Waals surface area (Å²) in [7, 11) is 2.01. The molecule has 8 heteroatoms. The van der Waals surface area contributed by atoms with E-state index in [0.717, 1.165) is 63.5 Å². The number of hydrogen-bond acceptors (Lipinski definition) is 3. The van der Waals surface area contributed by atoms with Gasteiger partial charge in [0.1, 0.15) is 0 Å². The Bertz CT molecular complexity index is 683. The molecule has 1 aromatic carbocycles. The molecule has 1 heterocycles. The van der Waals surface area contributed by atoms with Crippen LogP contribution in [0.1, 0.15) is 31.7 Å². The van der Waals surface area contributed by atoms with Crippen LogP contribution in [0.25, 0.3) is 0 Å². The van der Waals surface area contributed by atoms with Gasteiger partial charge in [-0.05, 0) is 57.0 Å². The number of aliphatic imine (C=N–C) groups is 1. The molecule has 156 valence electrons. The highest BCUT2D eigenvalue weighted by Gasteiger charge is 2.23. The molecule has 1 unspecified atom stereocenters. The molecule has 0 aromatic heterocycles. The number of benzene rings is 1. The van der Waals surface area contributed by atoms with Crippen molar-refractivity contribution in [3.63, 3.8) is 0 Å². The average Bonchev–Trinajstić information content (AvgIpc) is 2.67. The second-order valence-corrected chi connectivity index (χ2v) is 8.05. The first-order valence-electron chi connectivity index (χ1n) is 9.85. The number of likely N-dealkylation sites (tertiary alicyclic amines) is 1. The van der Waals surface area contributed by atoms with E-state index in [9.17, 15) is 4.79 Å². The quantitative estimate of drug-likeness (QED) is 0.379. The molecule has 3 N–H and O–H groups in total. The van der Waals surface area contributed by atoms with Crippen LogP contribution in [0, 0.1) is 5.92 Å². The van der Waals surface area contributed by atoms with Crippen molar-refractivity contribution in [3.8, 4) is 0 Å². The van der Waals surface area contributed by atoms with Gasteiger partial charge in [-0.15, -0.1) is 0 Å². The van der Waals surface area contributed by atoms with Gasteiger partial charge >= 0.3 is 0 Å². The first-order valence-corrected chi connectivity index (χ1v) is 10.6. The fourth-order valence-corrected chi connectivity index (χ4v) is 3.75. The van der Waals surface area contributed by atoms with Gasteiger partial charge in [-0.2, -0.15) is 0 Å². The van der Waals surface area contributed by atoms with Crippen LogP contribution < -0.4 is 11.1 Å². The van der Waals surface area contributed by atoms with Crippen LogP contribution in [-0.2, 0) is 11.3 Å². The Hall–Kier alpha value is -1.50. The standard InChI is InChI=1S/C20H31Cl2N5O/c1-3-24-20(26(2)13-15-7-8-17(21)18(22)12-15)25-9-5-11-27-10-4-6-16(14-27)19(23)28/h7-8,12,16H,3-6,9-11,13-14H2,1-2H3,(H2,23,28)(H,24,25). The van der Waals surface area contributed by atoms with Crippen molar-refractivity contribution in [2.45, 2.75) is 32.7 Å². The second-order valence-electron chi connectivity index (χ2n) is 7.24. The van der Waals surface area contributed by atoms with Crippen LogP contribution in [0.15, 0.2) is 23.2 Å². The minimum Gasteiger partial charge on any atom is -0.369 e. The molecule has 1 aliphatic rings. The van der Waals surface area contributed by atoms with E-state index in [2.05, 4.69) is 22.0 Å². The van der Waals surface area contributed by atoms with E-state index in [-0.39, 0.29) is 11.8 Å². The van der Waals surface area contributed by atoms with E-state index in [1.807, 2.05) is 25.2 Å². The molecule has 28 heavy (non-hydrogen) atoms. The lowest BCUT2D eigenvalue weighted by Crippen LogP contribution is -2.41. The molecule has 2 rings (SSSR count). The topological polar surface area (TPSA) is 74.0 Å². The summed E-state index contributed by atoms with van der Waals surface area (Å²) >= 11 is 12.1. The fraction of sp³-hybridized carbons (Fsp3) is 0.600. The number of nitrogens with zero attached hydrogens (tertiary/aromatic N) is 3. The maximum Gasteiger partial charge on any atom is 0.221 e. The molecule has 1 saturated heterocycles. The highest BCUT2D eigenvalue weighted by atomic mass is 35.5. The first kappa shape index (κ1) is 22.8. The van der Waals surface area contributed by atoms with E-state index in [1.54, 1.807) is 0 Å². The van der Waals surface area contributed by atoms with Gasteiger partial charge in [0, 0.05) is 33.2 Å². The molecule has 6 nitrogen and oxygen atoms in total. The summed E-state index contributed by atoms with van der Waals surface area (Å²) in [4.78, 5) is 20.5. The summed E-state index contributed by atoms with van der Waals surface area (Å²) in [6, 6.07) is 5.67. The number of carbonyl (C=O) groups excluding carboxylic acids is 1. The molecule has 1 amide bonds. The Morgan fingerprint density at radius 1 is 1.39 bits per heavy atom. The zero-order chi connectivity index (χ0) is 20.5. The highest BCUT2D eigenvalue weighted by molar-refractivity contribution is 6.42. The van der Waals surface area contributed by atoms with Gasteiger partial charge in [-0.25, -0.2) is 0 Å². The van der Waals surface area contributed by atoms with Gasteiger partial charge < -0.3 is 20.9 Å². The Balaban J connectivity index is 1.85. The number of carbonyl (C=O) groups is 1. The highest BCUT2D eigenvalue weighted by Crippen LogP contribution is 2.23. The Labute approximate surface area is 178 Å². The number of halogens is 2. The number of piperidine rings is 1. The number of amides is 1. The zero-order valence-corrected chi connectivity index (χ0v) is 18.3. The summed E-state index contributed by atoms with van der Waals surface area (Å²) in [5.74, 6) is 0.676. The van der Waals surface area contributed by atoms with Crippen LogP contribution in [0.2, 0.25) is 10.0 Å². The fourth-order valence-electron chi connectivity index (χ4n) is 3.43. The maximum absolute atomic E-state index is 11.4. The van der Waals surface area contributed by atoms with E-state index in [4.69, 9.17) is 33.9 Å². The predicted molar refractivity (Wildman–Crippen MR) is 117 cm³/mol. The van der Waals surface area contributed by atoms with Gasteiger partial charge in [-0.3, -0.25) is 9.79 Å². The van der Waals surface area contributed by atoms with Crippen LogP contribution in [0.4, 0.5) is 0 Å². The van der Waals surface area contributed by atoms with E-state index >= 15 is 0 Å². The summed E-state index contributed by atoms with van der Waals surface area (Å²) in [6.45, 7) is 7.02. The SMILES string of the molecule is CCNC(=NCCCN1CCCC(C(N)=O)C1)N(C)Cc1ccc(Cl)c(Cl)c1. The van der Waals surface area contributed by atoms with Crippen molar-refractivity contribution in [1.82, 2.24) is 15.1 Å². The Morgan fingerprint density at radius 2 is 2.18 bits per heavy atom. The largest absolute Gasteiger partial charge is 0.369 e. The van der Waals surface area contributed by atoms with E-state index in [1.165, 1.54) is 0 Å². The summed E-state index contributed by atoms with van der Waals surface area (Å²) in [5, 5.41) is 4.45. The molecule has 0 spiro atoms. The third-order valence-corrected chi connectivity index (χ3v) is 5.64. The number of primary amides is 1. The normalized spacial score (nSPS) is 18.1. The van der Waals surface area contributed by atoms with Gasteiger partial charge in [0.15, 0.2) is 5.96 Å². The number of guanidine groups is 1. The maximum atomic E-state index is 11.4. The second kappa shape index (κ2) is 11.5. The van der Waals surface area contributed by atoms with Crippen LogP contribution in [0.5, 0.6) is 0 Å². The summed E-state index contributed by atoms with van der Waals surface area (Å²) < 4.78 is 0. The molecule has 0 radical (unpaired) electrons. The molecule has 0 saturated carbocycles. The van der Waals surface area contributed by atoms with Gasteiger partial charge in [0.25, 0.3) is 0 Å². The molecule has 0 bridgehead atoms. The number of nitrogens with one attached hydrogen (secondary N) is 1. The number of nitrogens with two attached hydrogens (primary N) is 1. The zero-order valence-electron chi connectivity index (χ0n) is 16.8. The lowest BCUT2D eigenvalue weighted by Gasteiger charge is -2.30. The molecular weight excluding hydrogens is 397 g/mol. The smallest absolute Gasteiger partial charge is 0.221 e. The van der Waals surface area contributed by atoms with Crippen molar-refractivity contribution >= 4 is 35.1 Å². The third kappa shape index (κ3) is 7.15. The first-order chi connectivity index (χ1) is 13.4. The van der Waals surface area contributed by atoms with Crippen molar-refractivity contribution in [3.05, 3.63) is 33.8 Å². The lowest BCUT2D eigenvalue weighted by molar-refractivity contribution is -0.123. The van der Waals surface area contributed by atoms with Crippen molar-refractivity contribution < 1.29 is 4.79 Å². The van der Waals surface area contributed by atoms with Crippen molar-refractivity contribution in [2.75, 3.05) is 39.8 Å². The third-order valence-electron chi connectivity index (χ3n) is 4.90. The number of hydrogen-bond donors (Lipinski definition) is 2. The van der Waals surface area contributed by atoms with Crippen molar-refractivity contribution in [1.29, 1.82) is 0 Å². The van der Waals surface area contributed by atoms with E-state index in [0.29, 0.717) is 16.6 Å². The monoisotopic (exact) mass is 427 g/mol. The van der Waals surface area contributed by atoms with Crippen LogP contribution in [-0.4, -0.2) is 61.4 Å². The lowest BCUT2D eigenvalue weighted by atomic mass is 9.97. The predicted octanol–water partition coefficient (Wildman–Crippen LogP) is 2.98. The van der Waals surface area contributed by atoms with Crippen LogP contribution in [0.3, 0.4) is 0 Å². The van der Waals surface area contributed by atoms with Gasteiger partial charge in [0.05, 0.1) is 16.0 Å². The molecule has 1 atom stereocenters. The molecule has 1 aromatic rings. The molecule has 1 fully saturated rings. The number of rotatable bonds is 8. The van der Waals surface area contributed by atoms with E-state index < -0.39 is 0 Å².